The molecule has 0 aliphatic heterocycles. The van der Waals surface area contributed by atoms with E-state index in [2.05, 4.69) is 39.8 Å². The van der Waals surface area contributed by atoms with Crippen molar-refractivity contribution in [1.29, 1.82) is 0 Å². The molecule has 1 aromatic rings. The normalized spacial score (nSPS) is 18.2. The van der Waals surface area contributed by atoms with Crippen molar-refractivity contribution in [2.24, 2.45) is 5.92 Å². The van der Waals surface area contributed by atoms with Crippen LogP contribution in [0.4, 0.5) is 0 Å². The van der Waals surface area contributed by atoms with Gasteiger partial charge < -0.3 is 9.84 Å². The predicted octanol–water partition coefficient (Wildman–Crippen LogP) is 4.22. The summed E-state index contributed by atoms with van der Waals surface area (Å²) in [5, 5.41) is 10.2. The highest BCUT2D eigenvalue weighted by Gasteiger charge is 2.23. The molecule has 20 heavy (non-hydrogen) atoms. The van der Waals surface area contributed by atoms with E-state index in [1.54, 1.807) is 0 Å². The summed E-state index contributed by atoms with van der Waals surface area (Å²) in [6.07, 6.45) is 4.47. The number of aliphatic hydroxyl groups excluding tert-OH is 1. The van der Waals surface area contributed by atoms with Gasteiger partial charge in [-0.2, -0.15) is 0 Å². The van der Waals surface area contributed by atoms with Crippen molar-refractivity contribution in [3.8, 4) is 5.75 Å². The van der Waals surface area contributed by atoms with Crippen LogP contribution in [0.3, 0.4) is 0 Å². The molecule has 2 heteroatoms. The topological polar surface area (TPSA) is 29.5 Å². The molecule has 2 rings (SSSR count). The van der Waals surface area contributed by atoms with E-state index in [1.165, 1.54) is 18.4 Å². The quantitative estimate of drug-likeness (QED) is 0.892. The van der Waals surface area contributed by atoms with Crippen molar-refractivity contribution in [2.75, 3.05) is 6.61 Å². The lowest BCUT2D eigenvalue weighted by atomic mass is 9.86. The van der Waals surface area contributed by atoms with E-state index < -0.39 is 0 Å². The molecular formula is C18H28O2. The molecule has 2 nitrogen and oxygen atoms in total. The Morgan fingerprint density at radius 2 is 1.90 bits per heavy atom. The second kappa shape index (κ2) is 6.17. The van der Waals surface area contributed by atoms with Gasteiger partial charge >= 0.3 is 0 Å². The zero-order valence-corrected chi connectivity index (χ0v) is 13.3. The van der Waals surface area contributed by atoms with Crippen molar-refractivity contribution in [2.45, 2.75) is 64.9 Å². The van der Waals surface area contributed by atoms with Gasteiger partial charge in [-0.15, -0.1) is 0 Å². The third-order valence-electron chi connectivity index (χ3n) is 4.39. The van der Waals surface area contributed by atoms with E-state index in [4.69, 9.17) is 4.74 Å². The predicted molar refractivity (Wildman–Crippen MR) is 83.3 cm³/mol. The van der Waals surface area contributed by atoms with Crippen molar-refractivity contribution in [1.82, 2.24) is 0 Å². The Balaban J connectivity index is 1.96. The molecule has 1 atom stereocenters. The SMILES string of the molecule is Cc1cc(C(C)(C)C)ccc1OCC(O)C1CCCC1. The van der Waals surface area contributed by atoms with Gasteiger partial charge in [-0.25, -0.2) is 0 Å². The van der Waals surface area contributed by atoms with Crippen molar-refractivity contribution in [3.63, 3.8) is 0 Å². The molecule has 0 bridgehead atoms. The minimum absolute atomic E-state index is 0.159. The molecule has 0 spiro atoms. The Hall–Kier alpha value is -1.02. The maximum absolute atomic E-state index is 10.2. The molecule has 1 fully saturated rings. The van der Waals surface area contributed by atoms with Crippen LogP contribution in [-0.4, -0.2) is 17.8 Å². The van der Waals surface area contributed by atoms with Crippen molar-refractivity contribution >= 4 is 0 Å². The van der Waals surface area contributed by atoms with E-state index in [1.807, 2.05) is 6.07 Å². The second-order valence-electron chi connectivity index (χ2n) is 7.15. The lowest BCUT2D eigenvalue weighted by Crippen LogP contribution is -2.25. The van der Waals surface area contributed by atoms with E-state index >= 15 is 0 Å². The highest BCUT2D eigenvalue weighted by atomic mass is 16.5. The van der Waals surface area contributed by atoms with Crippen LogP contribution in [0.5, 0.6) is 5.75 Å². The summed E-state index contributed by atoms with van der Waals surface area (Å²) in [5.74, 6) is 1.33. The standard InChI is InChI=1S/C18H28O2/c1-13-11-15(18(2,3)4)9-10-17(13)20-12-16(19)14-7-5-6-8-14/h9-11,14,16,19H,5-8,12H2,1-4H3. The summed E-state index contributed by atoms with van der Waals surface area (Å²) in [5.41, 5.74) is 2.63. The van der Waals surface area contributed by atoms with E-state index in [0.29, 0.717) is 12.5 Å². The van der Waals surface area contributed by atoms with Gasteiger partial charge in [-0.05, 0) is 48.3 Å². The fourth-order valence-corrected chi connectivity index (χ4v) is 2.93. The molecule has 112 valence electrons. The molecule has 1 aromatic carbocycles. The molecule has 0 aromatic heterocycles. The van der Waals surface area contributed by atoms with Crippen LogP contribution in [0, 0.1) is 12.8 Å². The average Bonchev–Trinajstić information content (AvgIpc) is 2.89. The first-order chi connectivity index (χ1) is 9.38. The van der Waals surface area contributed by atoms with Crippen LogP contribution >= 0.6 is 0 Å². The Kier molecular flexibility index (Phi) is 4.74. The van der Waals surface area contributed by atoms with Gasteiger partial charge in [0.25, 0.3) is 0 Å². The van der Waals surface area contributed by atoms with E-state index in [-0.39, 0.29) is 11.5 Å². The monoisotopic (exact) mass is 276 g/mol. The first kappa shape index (κ1) is 15.4. The lowest BCUT2D eigenvalue weighted by molar-refractivity contribution is 0.0591. The number of ether oxygens (including phenoxy) is 1. The van der Waals surface area contributed by atoms with Crippen LogP contribution in [0.25, 0.3) is 0 Å². The molecular weight excluding hydrogens is 248 g/mol. The highest BCUT2D eigenvalue weighted by Crippen LogP contribution is 2.30. The van der Waals surface area contributed by atoms with Crippen molar-refractivity contribution < 1.29 is 9.84 Å². The fourth-order valence-electron chi connectivity index (χ4n) is 2.93. The maximum atomic E-state index is 10.2. The Bertz CT molecular complexity index is 439. The molecule has 0 radical (unpaired) electrons. The number of rotatable bonds is 4. The summed E-state index contributed by atoms with van der Waals surface area (Å²) in [4.78, 5) is 0. The van der Waals surface area contributed by atoms with Gasteiger partial charge in [0.05, 0.1) is 6.10 Å². The van der Waals surface area contributed by atoms with Gasteiger partial charge in [0.15, 0.2) is 0 Å². The third-order valence-corrected chi connectivity index (χ3v) is 4.39. The Morgan fingerprint density at radius 1 is 1.25 bits per heavy atom. The second-order valence-corrected chi connectivity index (χ2v) is 7.15. The molecule has 1 aliphatic carbocycles. The van der Waals surface area contributed by atoms with Gasteiger partial charge in [-0.1, -0.05) is 45.7 Å². The molecule has 1 unspecified atom stereocenters. The molecule has 1 saturated carbocycles. The largest absolute Gasteiger partial charge is 0.491 e. The van der Waals surface area contributed by atoms with Gasteiger partial charge in [0, 0.05) is 0 Å². The minimum atomic E-state index is -0.320. The lowest BCUT2D eigenvalue weighted by Gasteiger charge is -2.22. The zero-order chi connectivity index (χ0) is 14.8. The first-order valence-corrected chi connectivity index (χ1v) is 7.80. The van der Waals surface area contributed by atoms with Crippen LogP contribution < -0.4 is 4.74 Å². The summed E-state index contributed by atoms with van der Waals surface area (Å²) in [7, 11) is 0. The fraction of sp³-hybridized carbons (Fsp3) is 0.667. The first-order valence-electron chi connectivity index (χ1n) is 7.80. The molecule has 0 heterocycles. The number of aryl methyl sites for hydroxylation is 1. The minimum Gasteiger partial charge on any atom is -0.491 e. The molecule has 0 saturated heterocycles. The van der Waals surface area contributed by atoms with E-state index in [0.717, 1.165) is 24.2 Å². The highest BCUT2D eigenvalue weighted by molar-refractivity contribution is 5.38. The average molecular weight is 276 g/mol. The Morgan fingerprint density at radius 3 is 2.45 bits per heavy atom. The molecule has 1 N–H and O–H groups in total. The summed E-state index contributed by atoms with van der Waals surface area (Å²) in [6, 6.07) is 6.36. The third kappa shape index (κ3) is 3.76. The zero-order valence-electron chi connectivity index (χ0n) is 13.3. The number of benzene rings is 1. The summed E-state index contributed by atoms with van der Waals surface area (Å²) in [6.45, 7) is 9.14. The van der Waals surface area contributed by atoms with Crippen molar-refractivity contribution in [3.05, 3.63) is 29.3 Å². The molecule has 0 amide bonds. The van der Waals surface area contributed by atoms with Crippen LogP contribution in [0.2, 0.25) is 0 Å². The number of hydrogen-bond donors (Lipinski definition) is 1. The van der Waals surface area contributed by atoms with Gasteiger partial charge in [0.2, 0.25) is 0 Å². The number of aliphatic hydroxyl groups is 1. The van der Waals surface area contributed by atoms with Crippen LogP contribution in [0.15, 0.2) is 18.2 Å². The van der Waals surface area contributed by atoms with E-state index in [9.17, 15) is 5.11 Å². The van der Waals surface area contributed by atoms with Crippen LogP contribution in [-0.2, 0) is 5.41 Å². The summed E-state index contributed by atoms with van der Waals surface area (Å²) >= 11 is 0. The molecule has 1 aliphatic rings. The smallest absolute Gasteiger partial charge is 0.122 e. The van der Waals surface area contributed by atoms with Crippen LogP contribution in [0.1, 0.15) is 57.6 Å². The Labute approximate surface area is 123 Å². The maximum Gasteiger partial charge on any atom is 0.122 e. The summed E-state index contributed by atoms with van der Waals surface area (Å²) < 4.78 is 5.83. The number of hydrogen-bond acceptors (Lipinski definition) is 2. The van der Waals surface area contributed by atoms with Gasteiger partial charge in [-0.3, -0.25) is 0 Å². The van der Waals surface area contributed by atoms with Gasteiger partial charge in [0.1, 0.15) is 12.4 Å².